The number of carbonyl (C=O) groups excluding carboxylic acids is 2. The Balaban J connectivity index is 1.30. The molecule has 1 saturated carbocycles. The van der Waals surface area contributed by atoms with Crippen molar-refractivity contribution in [3.05, 3.63) is 47.7 Å². The maximum Gasteiger partial charge on any atom is 0.257 e. The molecule has 7 heteroatoms. The second-order valence-corrected chi connectivity index (χ2v) is 8.88. The van der Waals surface area contributed by atoms with Crippen molar-refractivity contribution >= 4 is 29.0 Å². The molecule has 0 atom stereocenters. The van der Waals surface area contributed by atoms with Crippen molar-refractivity contribution in [1.82, 2.24) is 9.88 Å². The molecule has 1 aromatic heterocycles. The normalized spacial score (nSPS) is 19.0. The van der Waals surface area contributed by atoms with E-state index in [-0.39, 0.29) is 18.4 Å². The van der Waals surface area contributed by atoms with Crippen LogP contribution in [0, 0.1) is 5.92 Å². The van der Waals surface area contributed by atoms with Crippen LogP contribution in [0.5, 0.6) is 0 Å². The van der Waals surface area contributed by atoms with Gasteiger partial charge in [0.25, 0.3) is 5.91 Å². The van der Waals surface area contributed by atoms with Crippen LogP contribution in [0.4, 0.5) is 17.2 Å². The summed E-state index contributed by atoms with van der Waals surface area (Å²) in [6.07, 6.45) is 7.74. The summed E-state index contributed by atoms with van der Waals surface area (Å²) in [7, 11) is 0. The third-order valence-corrected chi connectivity index (χ3v) is 6.31. The molecular weight excluding hydrogens is 390 g/mol. The van der Waals surface area contributed by atoms with Crippen molar-refractivity contribution in [3.63, 3.8) is 0 Å². The van der Waals surface area contributed by atoms with Crippen molar-refractivity contribution < 1.29 is 9.59 Å². The average molecular weight is 420 g/mol. The number of anilines is 3. The highest BCUT2D eigenvalue weighted by molar-refractivity contribution is 6.07. The standard InChI is InChI=1S/C24H29N5O2/c30-22-14-26-23-21(29(22)16-17-7-8-17)12-19(13-25-23)24(31)27-20-6-4-5-18(11-20)15-28-9-2-1-3-10-28/h4-6,11-13,17H,1-3,7-10,14-16H2,(H,25,26)(H,27,31). The number of nitrogens with one attached hydrogen (secondary N) is 2. The zero-order valence-corrected chi connectivity index (χ0v) is 17.8. The molecule has 5 rings (SSSR count). The molecule has 2 aliphatic heterocycles. The van der Waals surface area contributed by atoms with Gasteiger partial charge in [-0.3, -0.25) is 14.5 Å². The van der Waals surface area contributed by atoms with Crippen LogP contribution in [-0.4, -0.2) is 47.9 Å². The van der Waals surface area contributed by atoms with Gasteiger partial charge in [0.05, 0.1) is 17.8 Å². The zero-order chi connectivity index (χ0) is 21.2. The number of pyridine rings is 1. The highest BCUT2D eigenvalue weighted by atomic mass is 16.2. The average Bonchev–Trinajstić information content (AvgIpc) is 3.61. The number of aromatic nitrogens is 1. The van der Waals surface area contributed by atoms with Crippen molar-refractivity contribution in [2.24, 2.45) is 5.92 Å². The Kier molecular flexibility index (Phi) is 5.59. The molecule has 0 spiro atoms. The summed E-state index contributed by atoms with van der Waals surface area (Å²) >= 11 is 0. The molecule has 7 nitrogen and oxygen atoms in total. The van der Waals surface area contributed by atoms with Gasteiger partial charge in [-0.05, 0) is 68.5 Å². The first kappa shape index (κ1) is 20.0. The zero-order valence-electron chi connectivity index (χ0n) is 17.8. The number of amides is 2. The Bertz CT molecular complexity index is 982. The fourth-order valence-electron chi connectivity index (χ4n) is 4.39. The third-order valence-electron chi connectivity index (χ3n) is 6.31. The SMILES string of the molecule is O=C(Nc1cccc(CN2CCCCC2)c1)c1cnc2c(c1)N(CC1CC1)C(=O)CN2. The molecule has 0 unspecified atom stereocenters. The Morgan fingerprint density at radius 3 is 2.81 bits per heavy atom. The van der Waals surface area contributed by atoms with Crippen LogP contribution in [0.1, 0.15) is 48.0 Å². The number of hydrogen-bond acceptors (Lipinski definition) is 5. The maximum atomic E-state index is 12.9. The van der Waals surface area contributed by atoms with Gasteiger partial charge in [-0.25, -0.2) is 4.98 Å². The van der Waals surface area contributed by atoms with Crippen molar-refractivity contribution in [2.45, 2.75) is 38.6 Å². The number of rotatable bonds is 6. The van der Waals surface area contributed by atoms with E-state index < -0.39 is 0 Å². The van der Waals surface area contributed by atoms with Gasteiger partial charge in [0.1, 0.15) is 5.82 Å². The van der Waals surface area contributed by atoms with Crippen molar-refractivity contribution in [2.75, 3.05) is 41.7 Å². The fourth-order valence-corrected chi connectivity index (χ4v) is 4.39. The number of likely N-dealkylation sites (tertiary alicyclic amines) is 1. The summed E-state index contributed by atoms with van der Waals surface area (Å²) in [6.45, 7) is 4.15. The van der Waals surface area contributed by atoms with Gasteiger partial charge in [0.2, 0.25) is 5.91 Å². The second-order valence-electron chi connectivity index (χ2n) is 8.88. The molecule has 2 fully saturated rings. The maximum absolute atomic E-state index is 12.9. The van der Waals surface area contributed by atoms with Gasteiger partial charge in [0.15, 0.2) is 0 Å². The van der Waals surface area contributed by atoms with E-state index in [4.69, 9.17) is 0 Å². The summed E-state index contributed by atoms with van der Waals surface area (Å²) in [5.41, 5.74) is 3.14. The van der Waals surface area contributed by atoms with Crippen LogP contribution in [-0.2, 0) is 11.3 Å². The van der Waals surface area contributed by atoms with Crippen molar-refractivity contribution in [3.8, 4) is 0 Å². The Morgan fingerprint density at radius 1 is 1.16 bits per heavy atom. The molecule has 1 aromatic carbocycles. The number of hydrogen-bond donors (Lipinski definition) is 2. The molecule has 3 aliphatic rings. The number of nitrogens with zero attached hydrogens (tertiary/aromatic N) is 3. The number of piperidine rings is 1. The molecule has 0 bridgehead atoms. The first-order chi connectivity index (χ1) is 15.2. The highest BCUT2D eigenvalue weighted by Crippen LogP contribution is 2.35. The molecule has 1 saturated heterocycles. The number of carbonyl (C=O) groups is 2. The van der Waals surface area contributed by atoms with E-state index in [0.29, 0.717) is 29.5 Å². The molecule has 1 aliphatic carbocycles. The van der Waals surface area contributed by atoms with Gasteiger partial charge in [-0.15, -0.1) is 0 Å². The minimum atomic E-state index is -0.213. The van der Waals surface area contributed by atoms with E-state index in [1.807, 2.05) is 18.2 Å². The summed E-state index contributed by atoms with van der Waals surface area (Å²) in [5.74, 6) is 1.05. The minimum absolute atomic E-state index is 0.0316. The number of benzene rings is 1. The van der Waals surface area contributed by atoms with Crippen LogP contribution >= 0.6 is 0 Å². The Hall–Kier alpha value is -2.93. The fraction of sp³-hybridized carbons (Fsp3) is 0.458. The van der Waals surface area contributed by atoms with Crippen LogP contribution in [0.25, 0.3) is 0 Å². The molecule has 3 heterocycles. The lowest BCUT2D eigenvalue weighted by molar-refractivity contribution is -0.117. The van der Waals surface area contributed by atoms with Gasteiger partial charge in [0, 0.05) is 25.0 Å². The molecule has 162 valence electrons. The lowest BCUT2D eigenvalue weighted by Gasteiger charge is -2.29. The molecule has 2 aromatic rings. The minimum Gasteiger partial charge on any atom is -0.359 e. The van der Waals surface area contributed by atoms with E-state index in [0.717, 1.165) is 38.2 Å². The van der Waals surface area contributed by atoms with Crippen LogP contribution in [0.3, 0.4) is 0 Å². The van der Waals surface area contributed by atoms with Crippen molar-refractivity contribution in [1.29, 1.82) is 0 Å². The Labute approximate surface area is 182 Å². The van der Waals surface area contributed by atoms with Gasteiger partial charge >= 0.3 is 0 Å². The summed E-state index contributed by atoms with van der Waals surface area (Å²) in [6, 6.07) is 9.83. The predicted octanol–water partition coefficient (Wildman–Crippen LogP) is 3.49. The van der Waals surface area contributed by atoms with Gasteiger partial charge in [-0.1, -0.05) is 18.6 Å². The lowest BCUT2D eigenvalue weighted by Crippen LogP contribution is -2.41. The molecule has 31 heavy (non-hydrogen) atoms. The number of fused-ring (bicyclic) bond motifs is 1. The van der Waals surface area contributed by atoms with Crippen LogP contribution < -0.4 is 15.5 Å². The van der Waals surface area contributed by atoms with E-state index in [1.165, 1.54) is 24.8 Å². The van der Waals surface area contributed by atoms with E-state index in [2.05, 4.69) is 26.6 Å². The summed E-state index contributed by atoms with van der Waals surface area (Å²) < 4.78 is 0. The summed E-state index contributed by atoms with van der Waals surface area (Å²) in [4.78, 5) is 34.0. The van der Waals surface area contributed by atoms with Gasteiger partial charge < -0.3 is 15.5 Å². The smallest absolute Gasteiger partial charge is 0.257 e. The topological polar surface area (TPSA) is 77.6 Å². The summed E-state index contributed by atoms with van der Waals surface area (Å²) in [5, 5.41) is 6.06. The molecule has 2 N–H and O–H groups in total. The first-order valence-corrected chi connectivity index (χ1v) is 11.3. The highest BCUT2D eigenvalue weighted by Gasteiger charge is 2.32. The van der Waals surface area contributed by atoms with E-state index >= 15 is 0 Å². The predicted molar refractivity (Wildman–Crippen MR) is 121 cm³/mol. The van der Waals surface area contributed by atoms with Crippen LogP contribution in [0.2, 0.25) is 0 Å². The quantitative estimate of drug-likeness (QED) is 0.750. The Morgan fingerprint density at radius 2 is 2.00 bits per heavy atom. The molecular formula is C24H29N5O2. The largest absolute Gasteiger partial charge is 0.359 e. The molecule has 0 radical (unpaired) electrons. The van der Waals surface area contributed by atoms with Crippen LogP contribution in [0.15, 0.2) is 36.5 Å². The van der Waals surface area contributed by atoms with E-state index in [1.54, 1.807) is 17.2 Å². The van der Waals surface area contributed by atoms with Gasteiger partial charge in [-0.2, -0.15) is 0 Å². The monoisotopic (exact) mass is 419 g/mol. The first-order valence-electron chi connectivity index (χ1n) is 11.3. The second kappa shape index (κ2) is 8.67. The lowest BCUT2D eigenvalue weighted by atomic mass is 10.1. The van der Waals surface area contributed by atoms with E-state index in [9.17, 15) is 9.59 Å². The third kappa shape index (κ3) is 4.71. The molecule has 2 amide bonds.